The van der Waals surface area contributed by atoms with Crippen LogP contribution in [0.1, 0.15) is 59.8 Å². The zero-order valence-corrected chi connectivity index (χ0v) is 18.8. The highest BCUT2D eigenvalue weighted by atomic mass is 16.5. The van der Waals surface area contributed by atoms with Crippen molar-refractivity contribution in [1.82, 2.24) is 10.6 Å². The smallest absolute Gasteiger partial charge is 0.245 e. The van der Waals surface area contributed by atoms with E-state index >= 15 is 0 Å². The molecule has 4 fully saturated rings. The van der Waals surface area contributed by atoms with Gasteiger partial charge in [-0.2, -0.15) is 0 Å². The summed E-state index contributed by atoms with van der Waals surface area (Å²) in [5.41, 5.74) is -0.210. The molecular formula is C24H35N3O3. The SMILES string of the molecule is COc1cccc(NC(C)(C)C(=O)NC2(C)[C@@H]3CC4C[C@H]2CC(NC(C)=O)(C4)C3)c1. The Morgan fingerprint density at radius 1 is 1.10 bits per heavy atom. The van der Waals surface area contributed by atoms with Crippen LogP contribution in [-0.2, 0) is 9.59 Å². The van der Waals surface area contributed by atoms with Gasteiger partial charge in [-0.15, -0.1) is 0 Å². The molecule has 4 aliphatic rings. The van der Waals surface area contributed by atoms with Gasteiger partial charge in [0.05, 0.1) is 7.11 Å². The van der Waals surface area contributed by atoms with Crippen LogP contribution in [0, 0.1) is 17.8 Å². The first-order valence-corrected chi connectivity index (χ1v) is 11.1. The fourth-order valence-corrected chi connectivity index (χ4v) is 6.48. The van der Waals surface area contributed by atoms with Crippen LogP contribution in [0.5, 0.6) is 5.75 Å². The van der Waals surface area contributed by atoms with Gasteiger partial charge in [0.1, 0.15) is 11.3 Å². The van der Waals surface area contributed by atoms with E-state index in [0.29, 0.717) is 17.8 Å². The molecule has 0 aliphatic heterocycles. The topological polar surface area (TPSA) is 79.5 Å². The van der Waals surface area contributed by atoms with Crippen LogP contribution in [-0.4, -0.2) is 35.5 Å². The minimum atomic E-state index is -0.765. The third-order valence-electron chi connectivity index (χ3n) is 7.80. The predicted octanol–water partition coefficient (Wildman–Crippen LogP) is 3.48. The molecule has 0 aromatic heterocycles. The number of benzene rings is 1. The normalized spacial score (nSPS) is 34.4. The Bertz CT molecular complexity index is 834. The number of carbonyl (C=O) groups is 2. The standard InChI is InChI=1S/C24H35N3O3/c1-15(28)25-24-12-16-9-17(13-24)23(4,18(10-16)14-24)27-21(29)22(2,3)26-19-7-6-8-20(11-19)30-5/h6-8,11,16-18,26H,9-10,12-14H2,1-5H3,(H,25,28)(H,27,29)/t16?,17-,18+,23?,24?. The summed E-state index contributed by atoms with van der Waals surface area (Å²) in [5, 5.41) is 10.1. The van der Waals surface area contributed by atoms with Gasteiger partial charge in [-0.1, -0.05) is 6.07 Å². The number of anilines is 1. The van der Waals surface area contributed by atoms with Gasteiger partial charge in [-0.3, -0.25) is 9.59 Å². The molecule has 3 N–H and O–H groups in total. The van der Waals surface area contributed by atoms with Crippen LogP contribution in [0.25, 0.3) is 0 Å². The number of ether oxygens (including phenoxy) is 1. The van der Waals surface area contributed by atoms with E-state index in [1.807, 2.05) is 38.1 Å². The second kappa shape index (κ2) is 7.17. The summed E-state index contributed by atoms with van der Waals surface area (Å²) < 4.78 is 5.30. The molecule has 4 saturated carbocycles. The highest BCUT2D eigenvalue weighted by Crippen LogP contribution is 2.59. The number of carbonyl (C=O) groups excluding carboxylic acids is 2. The number of rotatable bonds is 6. The van der Waals surface area contributed by atoms with Crippen molar-refractivity contribution in [2.75, 3.05) is 12.4 Å². The third-order valence-corrected chi connectivity index (χ3v) is 7.80. The molecule has 4 aliphatic carbocycles. The van der Waals surface area contributed by atoms with Crippen molar-refractivity contribution in [3.8, 4) is 5.75 Å². The van der Waals surface area contributed by atoms with Gasteiger partial charge in [-0.05, 0) is 82.8 Å². The minimum absolute atomic E-state index is 0.00821. The quantitative estimate of drug-likeness (QED) is 0.667. The van der Waals surface area contributed by atoms with Gasteiger partial charge in [0.2, 0.25) is 11.8 Å². The van der Waals surface area contributed by atoms with Crippen LogP contribution in [0.2, 0.25) is 0 Å². The average Bonchev–Trinajstić information content (AvgIpc) is 2.64. The van der Waals surface area contributed by atoms with E-state index in [4.69, 9.17) is 4.74 Å². The van der Waals surface area contributed by atoms with Crippen molar-refractivity contribution in [1.29, 1.82) is 0 Å². The van der Waals surface area contributed by atoms with Gasteiger partial charge in [0, 0.05) is 29.8 Å². The zero-order valence-electron chi connectivity index (χ0n) is 18.8. The molecule has 0 radical (unpaired) electrons. The Morgan fingerprint density at radius 3 is 2.37 bits per heavy atom. The summed E-state index contributed by atoms with van der Waals surface area (Å²) >= 11 is 0. The Morgan fingerprint density at radius 2 is 1.77 bits per heavy atom. The molecule has 1 aromatic rings. The Balaban J connectivity index is 1.49. The van der Waals surface area contributed by atoms with E-state index in [9.17, 15) is 9.59 Å². The highest BCUT2D eigenvalue weighted by molar-refractivity contribution is 5.89. The number of nitrogens with one attached hydrogen (secondary N) is 3. The van der Waals surface area contributed by atoms with Crippen molar-refractivity contribution in [3.05, 3.63) is 24.3 Å². The van der Waals surface area contributed by atoms with Crippen LogP contribution in [0.4, 0.5) is 5.69 Å². The second-order valence-corrected chi connectivity index (χ2v) is 10.5. The maximum atomic E-state index is 13.4. The lowest BCUT2D eigenvalue weighted by molar-refractivity contribution is -0.141. The monoisotopic (exact) mass is 413 g/mol. The third kappa shape index (κ3) is 3.65. The van der Waals surface area contributed by atoms with Crippen LogP contribution >= 0.6 is 0 Å². The Hall–Kier alpha value is -2.24. The van der Waals surface area contributed by atoms with Gasteiger partial charge in [0.15, 0.2) is 0 Å². The van der Waals surface area contributed by atoms with Crippen LogP contribution in [0.15, 0.2) is 24.3 Å². The number of amides is 2. The maximum Gasteiger partial charge on any atom is 0.245 e. The molecule has 6 nitrogen and oxygen atoms in total. The van der Waals surface area contributed by atoms with E-state index in [1.165, 1.54) is 0 Å². The molecule has 5 atom stereocenters. The molecule has 2 amide bonds. The lowest BCUT2D eigenvalue weighted by atomic mass is 9.46. The number of hydrogen-bond donors (Lipinski definition) is 3. The van der Waals surface area contributed by atoms with E-state index in [2.05, 4.69) is 22.9 Å². The molecule has 0 saturated heterocycles. The van der Waals surface area contributed by atoms with Gasteiger partial charge < -0.3 is 20.7 Å². The van der Waals surface area contributed by atoms with Crippen LogP contribution in [0.3, 0.4) is 0 Å². The summed E-state index contributed by atoms with van der Waals surface area (Å²) in [6.45, 7) is 7.67. The highest BCUT2D eigenvalue weighted by Gasteiger charge is 2.61. The lowest BCUT2D eigenvalue weighted by Crippen LogP contribution is -2.72. The fourth-order valence-electron chi connectivity index (χ4n) is 6.48. The van der Waals surface area contributed by atoms with E-state index in [0.717, 1.165) is 43.5 Å². The predicted molar refractivity (Wildman–Crippen MR) is 117 cm³/mol. The maximum absolute atomic E-state index is 13.4. The average molecular weight is 414 g/mol. The van der Waals surface area contributed by atoms with E-state index in [1.54, 1.807) is 14.0 Å². The van der Waals surface area contributed by atoms with Crippen molar-refractivity contribution >= 4 is 17.5 Å². The molecule has 4 bridgehead atoms. The molecule has 164 valence electrons. The first-order valence-electron chi connectivity index (χ1n) is 11.1. The zero-order chi connectivity index (χ0) is 21.7. The molecule has 5 rings (SSSR count). The molecule has 6 heteroatoms. The van der Waals surface area contributed by atoms with E-state index in [-0.39, 0.29) is 22.9 Å². The van der Waals surface area contributed by atoms with E-state index < -0.39 is 5.54 Å². The minimum Gasteiger partial charge on any atom is -0.497 e. The van der Waals surface area contributed by atoms with Crippen molar-refractivity contribution in [3.63, 3.8) is 0 Å². The largest absolute Gasteiger partial charge is 0.497 e. The van der Waals surface area contributed by atoms with Gasteiger partial charge in [-0.25, -0.2) is 0 Å². The Labute approximate surface area is 179 Å². The van der Waals surface area contributed by atoms with Crippen molar-refractivity contribution in [2.45, 2.75) is 76.4 Å². The van der Waals surface area contributed by atoms with Gasteiger partial charge in [0.25, 0.3) is 0 Å². The Kier molecular flexibility index (Phi) is 5.02. The number of methoxy groups -OCH3 is 1. The first kappa shape index (κ1) is 21.0. The molecule has 3 unspecified atom stereocenters. The number of hydrogen-bond acceptors (Lipinski definition) is 4. The summed E-state index contributed by atoms with van der Waals surface area (Å²) in [7, 11) is 1.64. The summed E-state index contributed by atoms with van der Waals surface area (Å²) in [5.74, 6) is 2.27. The molecular weight excluding hydrogens is 378 g/mol. The summed E-state index contributed by atoms with van der Waals surface area (Å²) in [6, 6.07) is 7.64. The molecule has 1 aromatic carbocycles. The summed E-state index contributed by atoms with van der Waals surface area (Å²) in [4.78, 5) is 25.2. The first-order chi connectivity index (χ1) is 14.1. The van der Waals surface area contributed by atoms with Gasteiger partial charge >= 0.3 is 0 Å². The molecule has 30 heavy (non-hydrogen) atoms. The van der Waals surface area contributed by atoms with Crippen LogP contribution < -0.4 is 20.7 Å². The second-order valence-electron chi connectivity index (χ2n) is 10.5. The fraction of sp³-hybridized carbons (Fsp3) is 0.667. The molecule has 0 spiro atoms. The summed E-state index contributed by atoms with van der Waals surface area (Å²) in [6.07, 6.45) is 5.28. The van der Waals surface area contributed by atoms with Crippen molar-refractivity contribution in [2.24, 2.45) is 17.8 Å². The molecule has 0 heterocycles. The lowest BCUT2D eigenvalue weighted by Gasteiger charge is -2.64. The van der Waals surface area contributed by atoms with Crippen molar-refractivity contribution < 1.29 is 14.3 Å².